The monoisotopic (exact) mass is 201 g/mol. The van der Waals surface area contributed by atoms with E-state index in [0.717, 1.165) is 6.07 Å². The number of benzene rings is 1. The number of rotatable bonds is 4. The molecule has 0 saturated carbocycles. The normalized spacial score (nSPS) is 12.9. The quantitative estimate of drug-likeness (QED) is 0.775. The van der Waals surface area contributed by atoms with Gasteiger partial charge in [-0.15, -0.1) is 0 Å². The molecule has 2 N–H and O–H groups in total. The fraction of sp³-hybridized carbons (Fsp3) is 0.400. The standard InChI is InChI=1S/C10H13F2NO/c1-7(13-4-5-14)9-3-2-8(11)6-10(9)12/h2-3,6-7,13-14H,4-5H2,1H3/t7-/m0/s1. The summed E-state index contributed by atoms with van der Waals surface area (Å²) in [7, 11) is 0. The van der Waals surface area contributed by atoms with Gasteiger partial charge in [-0.25, -0.2) is 8.78 Å². The van der Waals surface area contributed by atoms with E-state index in [2.05, 4.69) is 5.32 Å². The summed E-state index contributed by atoms with van der Waals surface area (Å²) in [6, 6.07) is 3.24. The Morgan fingerprint density at radius 1 is 1.43 bits per heavy atom. The molecule has 0 radical (unpaired) electrons. The predicted octanol–water partition coefficient (Wildman–Crippen LogP) is 1.61. The van der Waals surface area contributed by atoms with Crippen LogP contribution in [-0.2, 0) is 0 Å². The number of aliphatic hydroxyl groups excluding tert-OH is 1. The first kappa shape index (κ1) is 11.1. The van der Waals surface area contributed by atoms with Crippen LogP contribution in [0.15, 0.2) is 18.2 Å². The van der Waals surface area contributed by atoms with Crippen LogP contribution in [0.2, 0.25) is 0 Å². The van der Waals surface area contributed by atoms with Gasteiger partial charge in [0.25, 0.3) is 0 Å². The average molecular weight is 201 g/mol. The summed E-state index contributed by atoms with van der Waals surface area (Å²) in [6.45, 7) is 2.14. The van der Waals surface area contributed by atoms with Crippen molar-refractivity contribution in [3.8, 4) is 0 Å². The van der Waals surface area contributed by atoms with Crippen LogP contribution in [0, 0.1) is 11.6 Å². The van der Waals surface area contributed by atoms with Gasteiger partial charge in [-0.3, -0.25) is 0 Å². The van der Waals surface area contributed by atoms with Gasteiger partial charge in [0.2, 0.25) is 0 Å². The highest BCUT2D eigenvalue weighted by molar-refractivity contribution is 5.21. The van der Waals surface area contributed by atoms with Crippen molar-refractivity contribution >= 4 is 0 Å². The lowest BCUT2D eigenvalue weighted by Crippen LogP contribution is -2.22. The first-order valence-corrected chi connectivity index (χ1v) is 4.44. The molecule has 0 aliphatic carbocycles. The van der Waals surface area contributed by atoms with Gasteiger partial charge < -0.3 is 10.4 Å². The van der Waals surface area contributed by atoms with E-state index in [9.17, 15) is 8.78 Å². The summed E-state index contributed by atoms with van der Waals surface area (Å²) < 4.78 is 25.7. The Morgan fingerprint density at radius 3 is 2.71 bits per heavy atom. The van der Waals surface area contributed by atoms with Crippen LogP contribution >= 0.6 is 0 Å². The van der Waals surface area contributed by atoms with Crippen LogP contribution in [0.3, 0.4) is 0 Å². The fourth-order valence-corrected chi connectivity index (χ4v) is 1.24. The van der Waals surface area contributed by atoms with E-state index in [0.29, 0.717) is 12.1 Å². The van der Waals surface area contributed by atoms with Crippen LogP contribution in [0.25, 0.3) is 0 Å². The molecule has 1 atom stereocenters. The summed E-state index contributed by atoms with van der Waals surface area (Å²) in [5.41, 5.74) is 0.403. The highest BCUT2D eigenvalue weighted by Gasteiger charge is 2.10. The van der Waals surface area contributed by atoms with Crippen molar-refractivity contribution in [1.82, 2.24) is 5.32 Å². The van der Waals surface area contributed by atoms with Gasteiger partial charge in [0.15, 0.2) is 0 Å². The van der Waals surface area contributed by atoms with Gasteiger partial charge in [-0.2, -0.15) is 0 Å². The third-order valence-corrected chi connectivity index (χ3v) is 1.99. The number of halogens is 2. The van der Waals surface area contributed by atoms with Crippen molar-refractivity contribution in [3.05, 3.63) is 35.4 Å². The van der Waals surface area contributed by atoms with E-state index in [1.54, 1.807) is 6.92 Å². The summed E-state index contributed by atoms with van der Waals surface area (Å²) in [4.78, 5) is 0. The zero-order valence-electron chi connectivity index (χ0n) is 7.93. The molecule has 0 aromatic heterocycles. The first-order valence-electron chi connectivity index (χ1n) is 4.44. The third-order valence-electron chi connectivity index (χ3n) is 1.99. The predicted molar refractivity (Wildman–Crippen MR) is 49.9 cm³/mol. The van der Waals surface area contributed by atoms with Gasteiger partial charge in [0.05, 0.1) is 6.61 Å². The lowest BCUT2D eigenvalue weighted by Gasteiger charge is -2.13. The Hall–Kier alpha value is -1.00. The van der Waals surface area contributed by atoms with Crippen molar-refractivity contribution in [2.45, 2.75) is 13.0 Å². The maximum absolute atomic E-state index is 13.2. The minimum atomic E-state index is -0.583. The lowest BCUT2D eigenvalue weighted by atomic mass is 10.1. The maximum atomic E-state index is 13.2. The summed E-state index contributed by atoms with van der Waals surface area (Å²) >= 11 is 0. The summed E-state index contributed by atoms with van der Waals surface area (Å²) in [5.74, 6) is -1.15. The van der Waals surface area contributed by atoms with Crippen molar-refractivity contribution in [3.63, 3.8) is 0 Å². The molecule has 1 aromatic rings. The smallest absolute Gasteiger partial charge is 0.130 e. The number of hydrogen-bond donors (Lipinski definition) is 2. The average Bonchev–Trinajstić information content (AvgIpc) is 2.14. The molecule has 0 amide bonds. The Balaban J connectivity index is 2.74. The third kappa shape index (κ3) is 2.75. The Kier molecular flexibility index (Phi) is 3.98. The van der Waals surface area contributed by atoms with Gasteiger partial charge in [-0.05, 0) is 13.0 Å². The zero-order chi connectivity index (χ0) is 10.6. The minimum Gasteiger partial charge on any atom is -0.395 e. The second kappa shape index (κ2) is 5.02. The van der Waals surface area contributed by atoms with E-state index in [1.165, 1.54) is 12.1 Å². The Morgan fingerprint density at radius 2 is 2.14 bits per heavy atom. The molecular weight excluding hydrogens is 188 g/mol. The molecule has 0 unspecified atom stereocenters. The second-order valence-corrected chi connectivity index (χ2v) is 3.07. The van der Waals surface area contributed by atoms with Crippen LogP contribution < -0.4 is 5.32 Å². The SMILES string of the molecule is C[C@H](NCCO)c1ccc(F)cc1F. The maximum Gasteiger partial charge on any atom is 0.130 e. The molecule has 78 valence electrons. The van der Waals surface area contributed by atoms with E-state index >= 15 is 0 Å². The zero-order valence-corrected chi connectivity index (χ0v) is 7.93. The topological polar surface area (TPSA) is 32.3 Å². The fourth-order valence-electron chi connectivity index (χ4n) is 1.24. The number of hydrogen-bond acceptors (Lipinski definition) is 2. The number of nitrogens with one attached hydrogen (secondary N) is 1. The summed E-state index contributed by atoms with van der Waals surface area (Å²) in [5, 5.41) is 11.5. The van der Waals surface area contributed by atoms with E-state index in [1.807, 2.05) is 0 Å². The molecule has 0 heterocycles. The highest BCUT2D eigenvalue weighted by Crippen LogP contribution is 2.17. The van der Waals surface area contributed by atoms with Gasteiger partial charge in [-0.1, -0.05) is 6.07 Å². The molecule has 0 bridgehead atoms. The second-order valence-electron chi connectivity index (χ2n) is 3.07. The van der Waals surface area contributed by atoms with Crippen molar-refractivity contribution in [1.29, 1.82) is 0 Å². The molecule has 0 fully saturated rings. The van der Waals surface area contributed by atoms with Crippen LogP contribution in [-0.4, -0.2) is 18.3 Å². The van der Waals surface area contributed by atoms with Gasteiger partial charge >= 0.3 is 0 Å². The van der Waals surface area contributed by atoms with E-state index in [-0.39, 0.29) is 12.6 Å². The molecule has 0 saturated heterocycles. The van der Waals surface area contributed by atoms with E-state index in [4.69, 9.17) is 5.11 Å². The number of aliphatic hydroxyl groups is 1. The van der Waals surface area contributed by atoms with Crippen molar-refractivity contribution < 1.29 is 13.9 Å². The molecule has 14 heavy (non-hydrogen) atoms. The van der Waals surface area contributed by atoms with E-state index < -0.39 is 11.6 Å². The van der Waals surface area contributed by atoms with Crippen LogP contribution in [0.5, 0.6) is 0 Å². The first-order chi connectivity index (χ1) is 6.65. The molecule has 0 spiro atoms. The molecule has 1 rings (SSSR count). The minimum absolute atomic E-state index is 0.00679. The van der Waals surface area contributed by atoms with Gasteiger partial charge in [0.1, 0.15) is 11.6 Å². The highest BCUT2D eigenvalue weighted by atomic mass is 19.1. The Labute approximate surface area is 81.6 Å². The largest absolute Gasteiger partial charge is 0.395 e. The molecule has 0 aliphatic heterocycles. The molecule has 0 aliphatic rings. The molecule has 4 heteroatoms. The molecule has 2 nitrogen and oxygen atoms in total. The van der Waals surface area contributed by atoms with Gasteiger partial charge in [0, 0.05) is 24.2 Å². The molecule has 1 aromatic carbocycles. The summed E-state index contributed by atoms with van der Waals surface area (Å²) in [6.07, 6.45) is 0. The van der Waals surface area contributed by atoms with Crippen LogP contribution in [0.4, 0.5) is 8.78 Å². The van der Waals surface area contributed by atoms with Crippen molar-refractivity contribution in [2.24, 2.45) is 0 Å². The molecular formula is C10H13F2NO. The lowest BCUT2D eigenvalue weighted by molar-refractivity contribution is 0.285. The van der Waals surface area contributed by atoms with Crippen LogP contribution in [0.1, 0.15) is 18.5 Å². The Bertz CT molecular complexity index is 304. The van der Waals surface area contributed by atoms with Crippen molar-refractivity contribution in [2.75, 3.05) is 13.2 Å².